The van der Waals surface area contributed by atoms with Gasteiger partial charge < -0.3 is 24.7 Å². The number of hydrogen-bond acceptors (Lipinski definition) is 6. The summed E-state index contributed by atoms with van der Waals surface area (Å²) in [6, 6.07) is 10.9. The normalized spacial score (nSPS) is 11.4. The minimum absolute atomic E-state index is 0.00198. The van der Waals surface area contributed by atoms with Gasteiger partial charge in [0.25, 0.3) is 0 Å². The molecule has 4 aromatic rings. The van der Waals surface area contributed by atoms with E-state index >= 15 is 0 Å². The van der Waals surface area contributed by atoms with Gasteiger partial charge in [-0.05, 0) is 42.5 Å². The molecule has 2 heterocycles. The molecule has 0 saturated heterocycles. The molecule has 186 valence electrons. The van der Waals surface area contributed by atoms with E-state index in [4.69, 9.17) is 32.8 Å². The van der Waals surface area contributed by atoms with E-state index in [0.717, 1.165) is 12.1 Å². The maximum absolute atomic E-state index is 13.0. The third-order valence-electron chi connectivity index (χ3n) is 5.06. The Morgan fingerprint density at radius 2 is 1.94 bits per heavy atom. The molecule has 0 aliphatic carbocycles. The lowest BCUT2D eigenvalue weighted by atomic mass is 10.2. The molecule has 0 aliphatic heterocycles. The molecule has 36 heavy (non-hydrogen) atoms. The Morgan fingerprint density at radius 1 is 1.11 bits per heavy atom. The number of ether oxygens (including phenoxy) is 2. The van der Waals surface area contributed by atoms with Crippen LogP contribution >= 0.6 is 11.6 Å². The first-order chi connectivity index (χ1) is 17.3. The Morgan fingerprint density at radius 3 is 2.67 bits per heavy atom. The molecule has 8 nitrogen and oxygen atoms in total. The average Bonchev–Trinajstić information content (AvgIpc) is 3.22. The van der Waals surface area contributed by atoms with Crippen LogP contribution < -0.4 is 10.1 Å². The molecule has 0 amide bonds. The van der Waals surface area contributed by atoms with Gasteiger partial charge in [0.1, 0.15) is 23.3 Å². The summed E-state index contributed by atoms with van der Waals surface area (Å²) in [5.41, 5.74) is 0.837. The number of nitrogens with zero attached hydrogens (tertiary/aromatic N) is 4. The number of benzene rings is 2. The molecule has 2 aromatic carbocycles. The monoisotopic (exact) mass is 517 g/mol. The quantitative estimate of drug-likeness (QED) is 0.203. The first-order valence-corrected chi connectivity index (χ1v) is 11.0. The van der Waals surface area contributed by atoms with Crippen LogP contribution in [0, 0.1) is 6.57 Å². The molecular weight excluding hydrogens is 499 g/mol. The molecule has 0 aliphatic rings. The van der Waals surface area contributed by atoms with E-state index in [1.807, 2.05) is 0 Å². The fraction of sp³-hybridized carbons (Fsp3) is 0.208. The van der Waals surface area contributed by atoms with Crippen LogP contribution in [0.1, 0.15) is 5.56 Å². The lowest BCUT2D eigenvalue weighted by Crippen LogP contribution is -2.09. The number of rotatable bonds is 9. The summed E-state index contributed by atoms with van der Waals surface area (Å²) in [7, 11) is 0. The summed E-state index contributed by atoms with van der Waals surface area (Å²) in [5, 5.41) is 12.2. The third kappa shape index (κ3) is 5.68. The predicted octanol–water partition coefficient (Wildman–Crippen LogP) is 6.20. The molecule has 0 unspecified atom stereocenters. The van der Waals surface area contributed by atoms with Crippen LogP contribution in [0.15, 0.2) is 54.9 Å². The van der Waals surface area contributed by atoms with Gasteiger partial charge in [-0.2, -0.15) is 13.2 Å². The van der Waals surface area contributed by atoms with Gasteiger partial charge in [0.2, 0.25) is 5.82 Å². The SMILES string of the molecule is [C-]#[N+]c1cc2ncnc(Nc3ccc(Oc4cccc(C(F)(F)F)c4)c(Cl)c3)c2n1CCOCCO. The van der Waals surface area contributed by atoms with Crippen molar-refractivity contribution in [2.24, 2.45) is 0 Å². The largest absolute Gasteiger partial charge is 0.456 e. The van der Waals surface area contributed by atoms with Crippen LogP contribution in [0.25, 0.3) is 15.9 Å². The minimum atomic E-state index is -4.49. The maximum atomic E-state index is 13.0. The summed E-state index contributed by atoms with van der Waals surface area (Å²) in [5.74, 6) is 0.940. The van der Waals surface area contributed by atoms with Crippen molar-refractivity contribution in [2.45, 2.75) is 12.7 Å². The molecule has 4 rings (SSSR count). The van der Waals surface area contributed by atoms with Crippen molar-refractivity contribution >= 4 is 40.0 Å². The maximum Gasteiger partial charge on any atom is 0.416 e. The number of aliphatic hydroxyl groups is 1. The lowest BCUT2D eigenvalue weighted by molar-refractivity contribution is -0.137. The molecule has 12 heteroatoms. The highest BCUT2D eigenvalue weighted by atomic mass is 35.5. The number of halogens is 4. The molecular formula is C24H19ClF3N5O3. The fourth-order valence-corrected chi connectivity index (χ4v) is 3.69. The molecule has 0 spiro atoms. The zero-order valence-electron chi connectivity index (χ0n) is 18.6. The Balaban J connectivity index is 1.58. The number of hydrogen-bond donors (Lipinski definition) is 2. The summed E-state index contributed by atoms with van der Waals surface area (Å²) >= 11 is 6.35. The van der Waals surface area contributed by atoms with E-state index in [2.05, 4.69) is 20.1 Å². The van der Waals surface area contributed by atoms with Crippen LogP contribution in [-0.2, 0) is 17.5 Å². The summed E-state index contributed by atoms with van der Waals surface area (Å²) in [6.07, 6.45) is -3.13. The van der Waals surface area contributed by atoms with Crippen LogP contribution in [-0.4, -0.2) is 39.5 Å². The molecule has 0 atom stereocenters. The van der Waals surface area contributed by atoms with Gasteiger partial charge in [-0.1, -0.05) is 24.2 Å². The van der Waals surface area contributed by atoms with Gasteiger partial charge in [-0.15, -0.1) is 0 Å². The molecule has 2 N–H and O–H groups in total. The van der Waals surface area contributed by atoms with Crippen molar-refractivity contribution < 1.29 is 27.8 Å². The number of aromatic nitrogens is 3. The lowest BCUT2D eigenvalue weighted by Gasteiger charge is -2.13. The number of fused-ring (bicyclic) bond motifs is 1. The zero-order chi connectivity index (χ0) is 25.7. The first kappa shape index (κ1) is 25.2. The Bertz CT molecular complexity index is 1420. The van der Waals surface area contributed by atoms with Crippen LogP contribution in [0.3, 0.4) is 0 Å². The van der Waals surface area contributed by atoms with Crippen molar-refractivity contribution in [3.63, 3.8) is 0 Å². The third-order valence-corrected chi connectivity index (χ3v) is 5.35. The molecule has 0 bridgehead atoms. The Labute approximate surface area is 208 Å². The van der Waals surface area contributed by atoms with Crippen molar-refractivity contribution in [2.75, 3.05) is 25.1 Å². The van der Waals surface area contributed by atoms with Crippen molar-refractivity contribution in [1.82, 2.24) is 14.5 Å². The van der Waals surface area contributed by atoms with Gasteiger partial charge >= 0.3 is 6.18 Å². The van der Waals surface area contributed by atoms with Crippen LogP contribution in [0.2, 0.25) is 5.02 Å². The molecule has 0 radical (unpaired) electrons. The van der Waals surface area contributed by atoms with Crippen molar-refractivity contribution in [3.8, 4) is 11.5 Å². The topological polar surface area (TPSA) is 85.8 Å². The second-order valence-electron chi connectivity index (χ2n) is 7.46. The predicted molar refractivity (Wildman–Crippen MR) is 128 cm³/mol. The van der Waals surface area contributed by atoms with E-state index < -0.39 is 11.7 Å². The fourth-order valence-electron chi connectivity index (χ4n) is 3.47. The Kier molecular flexibility index (Phi) is 7.59. The van der Waals surface area contributed by atoms with E-state index in [9.17, 15) is 13.2 Å². The van der Waals surface area contributed by atoms with Gasteiger partial charge in [-0.3, -0.25) is 4.57 Å². The van der Waals surface area contributed by atoms with Crippen molar-refractivity contribution in [1.29, 1.82) is 0 Å². The molecule has 0 saturated carbocycles. The van der Waals surface area contributed by atoms with E-state index in [1.54, 1.807) is 22.8 Å². The Hall–Kier alpha value is -3.85. The zero-order valence-corrected chi connectivity index (χ0v) is 19.3. The molecule has 2 aromatic heterocycles. The van der Waals surface area contributed by atoms with Gasteiger partial charge in [-0.25, -0.2) is 9.97 Å². The average molecular weight is 518 g/mol. The first-order valence-electron chi connectivity index (χ1n) is 10.6. The number of alkyl halides is 3. The molecule has 0 fully saturated rings. The number of anilines is 2. The van der Waals surface area contributed by atoms with E-state index in [1.165, 1.54) is 24.5 Å². The summed E-state index contributed by atoms with van der Waals surface area (Å²) in [4.78, 5) is 12.1. The minimum Gasteiger partial charge on any atom is -0.456 e. The van der Waals surface area contributed by atoms with Crippen LogP contribution in [0.4, 0.5) is 30.5 Å². The van der Waals surface area contributed by atoms with E-state index in [-0.39, 0.29) is 36.3 Å². The smallest absolute Gasteiger partial charge is 0.416 e. The highest BCUT2D eigenvalue weighted by molar-refractivity contribution is 6.32. The van der Waals surface area contributed by atoms with Crippen LogP contribution in [0.5, 0.6) is 11.5 Å². The highest BCUT2D eigenvalue weighted by Crippen LogP contribution is 2.36. The second kappa shape index (κ2) is 10.8. The number of aliphatic hydroxyl groups excluding tert-OH is 1. The van der Waals surface area contributed by atoms with Gasteiger partial charge in [0, 0.05) is 5.69 Å². The second-order valence-corrected chi connectivity index (χ2v) is 7.86. The standard InChI is InChI=1S/C24H19ClF3N5O3/c1-29-21-13-19-22(33(21)7-9-35-10-8-34)23(31-14-30-19)32-16-5-6-20(18(25)12-16)36-17-4-2-3-15(11-17)24(26,27)28/h2-6,11-14,34H,7-10H2,(H,30,31,32). The summed E-state index contributed by atoms with van der Waals surface area (Å²) < 4.78 is 51.6. The van der Waals surface area contributed by atoms with Gasteiger partial charge in [0.05, 0.1) is 37.0 Å². The van der Waals surface area contributed by atoms with Crippen molar-refractivity contribution in [3.05, 3.63) is 76.9 Å². The highest BCUT2D eigenvalue weighted by Gasteiger charge is 2.30. The summed E-state index contributed by atoms with van der Waals surface area (Å²) in [6.45, 7) is 8.17. The van der Waals surface area contributed by atoms with Gasteiger partial charge in [0.15, 0.2) is 11.3 Å². The van der Waals surface area contributed by atoms with E-state index in [0.29, 0.717) is 34.9 Å². The number of nitrogens with one attached hydrogen (secondary N) is 1.